The average molecular weight is 296 g/mol. The van der Waals surface area contributed by atoms with Gasteiger partial charge in [0.05, 0.1) is 23.9 Å². The fraction of sp³-hybridized carbons (Fsp3) is 0.615. The number of aryl methyl sites for hydroxylation is 1. The largest absolute Gasteiger partial charge is 0.493 e. The third-order valence-corrected chi connectivity index (χ3v) is 3.87. The van der Waals surface area contributed by atoms with Crippen LogP contribution in [0.15, 0.2) is 6.20 Å². The minimum Gasteiger partial charge on any atom is -0.493 e. The van der Waals surface area contributed by atoms with Crippen molar-refractivity contribution in [1.29, 1.82) is 0 Å². The van der Waals surface area contributed by atoms with Gasteiger partial charge < -0.3 is 9.84 Å². The first-order chi connectivity index (χ1) is 9.40. The van der Waals surface area contributed by atoms with Gasteiger partial charge in [-0.15, -0.1) is 5.10 Å². The molecule has 0 spiro atoms. The molecule has 2 heterocycles. The van der Waals surface area contributed by atoms with Gasteiger partial charge in [0.15, 0.2) is 5.75 Å². The topological polar surface area (TPSA) is 73.1 Å². The summed E-state index contributed by atoms with van der Waals surface area (Å²) < 4.78 is 11.0. The third kappa shape index (κ3) is 2.55. The minimum absolute atomic E-state index is 0.173. The van der Waals surface area contributed by atoms with E-state index in [0.29, 0.717) is 18.0 Å². The zero-order valence-electron chi connectivity index (χ0n) is 12.4. The van der Waals surface area contributed by atoms with E-state index in [9.17, 15) is 5.11 Å². The average Bonchev–Trinajstić information content (AvgIpc) is 3.03. The van der Waals surface area contributed by atoms with Crippen LogP contribution in [0.5, 0.6) is 5.75 Å². The maximum Gasteiger partial charge on any atom is 0.163 e. The van der Waals surface area contributed by atoms with Crippen LogP contribution < -0.4 is 4.74 Å². The summed E-state index contributed by atoms with van der Waals surface area (Å²) in [5, 5.41) is 19.1. The third-order valence-electron chi connectivity index (χ3n) is 3.10. The van der Waals surface area contributed by atoms with Crippen LogP contribution in [-0.2, 0) is 12.0 Å². The van der Waals surface area contributed by atoms with Crippen molar-refractivity contribution in [1.82, 2.24) is 19.4 Å². The Kier molecular flexibility index (Phi) is 4.10. The van der Waals surface area contributed by atoms with Gasteiger partial charge in [-0.3, -0.25) is 4.68 Å². The smallest absolute Gasteiger partial charge is 0.163 e. The van der Waals surface area contributed by atoms with Gasteiger partial charge in [0, 0.05) is 12.0 Å². The van der Waals surface area contributed by atoms with Crippen molar-refractivity contribution in [3.63, 3.8) is 0 Å². The Balaban J connectivity index is 2.49. The molecule has 7 heteroatoms. The van der Waals surface area contributed by atoms with E-state index < -0.39 is 6.10 Å². The molecule has 0 amide bonds. The number of aliphatic hydroxyl groups is 1. The first-order valence-electron chi connectivity index (χ1n) is 6.50. The van der Waals surface area contributed by atoms with Crippen molar-refractivity contribution < 1.29 is 9.84 Å². The van der Waals surface area contributed by atoms with Gasteiger partial charge in [0.1, 0.15) is 11.8 Å². The molecule has 2 aromatic heterocycles. The van der Waals surface area contributed by atoms with E-state index in [1.54, 1.807) is 18.0 Å². The van der Waals surface area contributed by atoms with Crippen LogP contribution in [0.4, 0.5) is 0 Å². The van der Waals surface area contributed by atoms with Crippen molar-refractivity contribution in [3.8, 4) is 5.75 Å². The Morgan fingerprint density at radius 3 is 2.70 bits per heavy atom. The molecule has 110 valence electrons. The second kappa shape index (κ2) is 5.49. The maximum absolute atomic E-state index is 10.7. The summed E-state index contributed by atoms with van der Waals surface area (Å²) >= 11 is 1.21. The van der Waals surface area contributed by atoms with E-state index in [-0.39, 0.29) is 5.41 Å². The number of aromatic nitrogens is 4. The number of hydrogen-bond acceptors (Lipinski definition) is 6. The maximum atomic E-state index is 10.7. The molecular weight excluding hydrogens is 276 g/mol. The monoisotopic (exact) mass is 296 g/mol. The number of nitrogens with zero attached hydrogens (tertiary/aromatic N) is 4. The van der Waals surface area contributed by atoms with Crippen molar-refractivity contribution in [2.24, 2.45) is 0 Å². The summed E-state index contributed by atoms with van der Waals surface area (Å²) in [5.74, 6) is 0.576. The number of rotatable bonds is 4. The summed E-state index contributed by atoms with van der Waals surface area (Å²) in [5.41, 5.74) is 1.28. The number of methoxy groups -OCH3 is 1. The first kappa shape index (κ1) is 14.9. The summed E-state index contributed by atoms with van der Waals surface area (Å²) in [7, 11) is 1.57. The summed E-state index contributed by atoms with van der Waals surface area (Å²) in [6.07, 6.45) is 0.787. The predicted molar refractivity (Wildman–Crippen MR) is 77.1 cm³/mol. The lowest BCUT2D eigenvalue weighted by atomic mass is 9.90. The highest BCUT2D eigenvalue weighted by molar-refractivity contribution is 7.05. The molecule has 0 radical (unpaired) electrons. The summed E-state index contributed by atoms with van der Waals surface area (Å²) in [4.78, 5) is 0.742. The van der Waals surface area contributed by atoms with Gasteiger partial charge in [-0.2, -0.15) is 5.10 Å². The van der Waals surface area contributed by atoms with Crippen LogP contribution in [-0.4, -0.2) is 31.6 Å². The lowest BCUT2D eigenvalue weighted by molar-refractivity contribution is 0.203. The van der Waals surface area contributed by atoms with Gasteiger partial charge in [-0.1, -0.05) is 25.3 Å². The zero-order chi connectivity index (χ0) is 14.9. The van der Waals surface area contributed by atoms with Crippen molar-refractivity contribution in [2.75, 3.05) is 7.11 Å². The van der Waals surface area contributed by atoms with Gasteiger partial charge in [-0.05, 0) is 18.5 Å². The fourth-order valence-corrected chi connectivity index (χ4v) is 2.94. The fourth-order valence-electron chi connectivity index (χ4n) is 2.08. The van der Waals surface area contributed by atoms with Crippen molar-refractivity contribution in [2.45, 2.75) is 45.8 Å². The quantitative estimate of drug-likeness (QED) is 0.935. The highest BCUT2D eigenvalue weighted by atomic mass is 32.1. The molecule has 0 aliphatic carbocycles. The van der Waals surface area contributed by atoms with Crippen LogP contribution in [0.25, 0.3) is 0 Å². The molecule has 0 saturated heterocycles. The molecule has 2 rings (SSSR count). The van der Waals surface area contributed by atoms with Crippen LogP contribution in [0.1, 0.15) is 50.1 Å². The Morgan fingerprint density at radius 2 is 2.15 bits per heavy atom. The molecule has 0 aliphatic heterocycles. The van der Waals surface area contributed by atoms with E-state index in [1.807, 2.05) is 27.7 Å². The van der Waals surface area contributed by atoms with Gasteiger partial charge >= 0.3 is 0 Å². The highest BCUT2D eigenvalue weighted by Crippen LogP contribution is 2.36. The number of ether oxygens (including phenoxy) is 1. The van der Waals surface area contributed by atoms with Crippen molar-refractivity contribution >= 4 is 11.5 Å². The molecule has 20 heavy (non-hydrogen) atoms. The Morgan fingerprint density at radius 1 is 1.45 bits per heavy atom. The SMILES string of the molecule is CCn1ncc(OC)c1C(O)c1snnc1C(C)(C)C. The van der Waals surface area contributed by atoms with Crippen LogP contribution in [0.2, 0.25) is 0 Å². The predicted octanol–water partition coefficient (Wildman–Crippen LogP) is 2.14. The molecule has 0 fully saturated rings. The molecule has 0 aliphatic rings. The molecule has 0 aromatic carbocycles. The highest BCUT2D eigenvalue weighted by Gasteiger charge is 2.30. The van der Waals surface area contributed by atoms with Crippen molar-refractivity contribution in [3.05, 3.63) is 22.5 Å². The lowest BCUT2D eigenvalue weighted by Crippen LogP contribution is -2.17. The number of aliphatic hydroxyl groups excluding tert-OH is 1. The van der Waals surface area contributed by atoms with Gasteiger partial charge in [-0.25, -0.2) is 0 Å². The van der Waals surface area contributed by atoms with Crippen LogP contribution >= 0.6 is 11.5 Å². The molecule has 0 saturated carbocycles. The molecule has 6 nitrogen and oxygen atoms in total. The zero-order valence-corrected chi connectivity index (χ0v) is 13.2. The molecule has 2 aromatic rings. The Hall–Kier alpha value is -1.47. The molecule has 1 atom stereocenters. The van der Waals surface area contributed by atoms with Gasteiger partial charge in [0.25, 0.3) is 0 Å². The molecule has 1 unspecified atom stereocenters. The summed E-state index contributed by atoms with van der Waals surface area (Å²) in [6.45, 7) is 8.78. The van der Waals surface area contributed by atoms with E-state index in [1.165, 1.54) is 11.5 Å². The van der Waals surface area contributed by atoms with Gasteiger partial charge in [0.2, 0.25) is 0 Å². The summed E-state index contributed by atoms with van der Waals surface area (Å²) in [6, 6.07) is 0. The first-order valence-corrected chi connectivity index (χ1v) is 7.28. The second-order valence-corrected chi connectivity index (χ2v) is 6.34. The molecule has 1 N–H and O–H groups in total. The Labute approximate surface area is 122 Å². The van der Waals surface area contributed by atoms with E-state index >= 15 is 0 Å². The Bertz CT molecular complexity index is 564. The van der Waals surface area contributed by atoms with Crippen LogP contribution in [0, 0.1) is 0 Å². The van der Waals surface area contributed by atoms with Crippen LogP contribution in [0.3, 0.4) is 0 Å². The second-order valence-electron chi connectivity index (χ2n) is 5.55. The standard InChI is InChI=1S/C13H20N4O2S/c1-6-17-9(8(19-5)7-14-17)10(18)11-12(13(2,3)4)15-16-20-11/h7,10,18H,6H2,1-5H3. The van der Waals surface area contributed by atoms with E-state index in [0.717, 1.165) is 10.6 Å². The minimum atomic E-state index is -0.832. The van der Waals surface area contributed by atoms with E-state index in [4.69, 9.17) is 4.74 Å². The molecular formula is C13H20N4O2S. The molecule has 0 bridgehead atoms. The number of hydrogen-bond donors (Lipinski definition) is 1. The lowest BCUT2D eigenvalue weighted by Gasteiger charge is -2.19. The normalized spacial score (nSPS) is 13.5. The van der Waals surface area contributed by atoms with E-state index in [2.05, 4.69) is 14.7 Å².